The minimum Gasteiger partial charge on any atom is -0.338 e. The Labute approximate surface area is 211 Å². The van der Waals surface area contributed by atoms with Gasteiger partial charge in [-0.2, -0.15) is 14.0 Å². The number of amides is 1. The SMILES string of the molecule is C[C@H](C#N)C(=O)N1CC2(CC2)[C@H](NS(=O)(=O)C(F)F)C[C@@H]1Cc1cccc(-c2cc(F)cc(F)c2)c1F. The van der Waals surface area contributed by atoms with E-state index in [0.29, 0.717) is 18.9 Å². The number of nitrogens with zero attached hydrogens (tertiary/aromatic N) is 2. The number of sulfonamides is 1. The molecule has 12 heteroatoms. The summed E-state index contributed by atoms with van der Waals surface area (Å²) in [5, 5.41) is 9.28. The van der Waals surface area contributed by atoms with Crippen LogP contribution < -0.4 is 4.72 Å². The second-order valence-electron chi connectivity index (χ2n) is 9.69. The Hall–Kier alpha value is -3.04. The second-order valence-corrected chi connectivity index (χ2v) is 11.4. The van der Waals surface area contributed by atoms with Crippen LogP contribution in [0.15, 0.2) is 36.4 Å². The lowest BCUT2D eigenvalue weighted by Crippen LogP contribution is -2.59. The number of benzene rings is 2. The number of carbonyl (C=O) groups is 1. The molecule has 0 aromatic heterocycles. The number of alkyl halides is 2. The Morgan fingerprint density at radius 2 is 1.84 bits per heavy atom. The lowest BCUT2D eigenvalue weighted by atomic mass is 9.82. The van der Waals surface area contributed by atoms with Crippen molar-refractivity contribution < 1.29 is 35.2 Å². The van der Waals surface area contributed by atoms with E-state index < -0.39 is 62.6 Å². The first kappa shape index (κ1) is 27.0. The average Bonchev–Trinajstić information content (AvgIpc) is 3.60. The molecule has 0 radical (unpaired) electrons. The zero-order chi connectivity index (χ0) is 27.1. The zero-order valence-electron chi connectivity index (χ0n) is 19.7. The van der Waals surface area contributed by atoms with E-state index in [0.717, 1.165) is 12.1 Å². The molecule has 2 aliphatic rings. The van der Waals surface area contributed by atoms with Gasteiger partial charge in [0, 0.05) is 35.7 Å². The van der Waals surface area contributed by atoms with Gasteiger partial charge in [-0.1, -0.05) is 18.2 Å². The fourth-order valence-corrected chi connectivity index (χ4v) is 5.84. The fourth-order valence-electron chi connectivity index (χ4n) is 5.00. The van der Waals surface area contributed by atoms with Gasteiger partial charge in [-0.05, 0) is 55.9 Å². The van der Waals surface area contributed by atoms with Crippen LogP contribution in [-0.4, -0.2) is 43.6 Å². The standard InChI is InChI=1S/C25H24F5N3O3S/c1-14(12-31)23(34)33-13-25(5-6-25)21(32-37(35,36)24(29)30)11-19(33)9-15-3-2-4-20(22(15)28)16-7-17(26)10-18(27)8-16/h2-4,7-8,10,14,19,21,24,32H,5-6,9,11,13H2,1H3/t14-,19+,21-/m1/s1. The molecule has 0 unspecified atom stereocenters. The van der Waals surface area contributed by atoms with Crippen molar-refractivity contribution in [2.24, 2.45) is 11.3 Å². The molecule has 1 aliphatic heterocycles. The summed E-state index contributed by atoms with van der Waals surface area (Å²) in [7, 11) is -4.93. The number of hydrogen-bond acceptors (Lipinski definition) is 4. The van der Waals surface area contributed by atoms with E-state index >= 15 is 4.39 Å². The van der Waals surface area contributed by atoms with Gasteiger partial charge in [-0.15, -0.1) is 0 Å². The van der Waals surface area contributed by atoms with Crippen LogP contribution in [0.3, 0.4) is 0 Å². The minimum atomic E-state index is -4.93. The van der Waals surface area contributed by atoms with E-state index in [4.69, 9.17) is 0 Å². The van der Waals surface area contributed by atoms with Crippen LogP contribution in [0.25, 0.3) is 11.1 Å². The highest BCUT2D eigenvalue weighted by molar-refractivity contribution is 7.89. The quantitative estimate of drug-likeness (QED) is 0.528. The molecule has 1 heterocycles. The van der Waals surface area contributed by atoms with Gasteiger partial charge in [0.1, 0.15) is 23.4 Å². The summed E-state index contributed by atoms with van der Waals surface area (Å²) in [5.41, 5.74) is -0.783. The molecule has 1 N–H and O–H groups in total. The van der Waals surface area contributed by atoms with E-state index in [-0.39, 0.29) is 36.1 Å². The summed E-state index contributed by atoms with van der Waals surface area (Å²) in [5.74, 6) is -7.77. The van der Waals surface area contributed by atoms with Gasteiger partial charge >= 0.3 is 5.76 Å². The van der Waals surface area contributed by atoms with Crippen molar-refractivity contribution in [3.05, 3.63) is 59.4 Å². The molecular formula is C25H24F5N3O3S. The van der Waals surface area contributed by atoms with E-state index in [9.17, 15) is 36.0 Å². The van der Waals surface area contributed by atoms with Gasteiger partial charge in [0.25, 0.3) is 10.0 Å². The van der Waals surface area contributed by atoms with Crippen LogP contribution in [0.4, 0.5) is 22.0 Å². The van der Waals surface area contributed by atoms with Crippen LogP contribution in [0.1, 0.15) is 31.7 Å². The van der Waals surface area contributed by atoms with Gasteiger partial charge in [0.2, 0.25) is 5.91 Å². The molecule has 37 heavy (non-hydrogen) atoms. The molecule has 4 rings (SSSR count). The van der Waals surface area contributed by atoms with Gasteiger partial charge in [-0.25, -0.2) is 26.3 Å². The summed E-state index contributed by atoms with van der Waals surface area (Å²) < 4.78 is 95.2. The fraction of sp³-hybridized carbons (Fsp3) is 0.440. The molecule has 0 bridgehead atoms. The normalized spacial score (nSPS) is 21.6. The predicted molar refractivity (Wildman–Crippen MR) is 124 cm³/mol. The number of likely N-dealkylation sites (tertiary alicyclic amines) is 1. The number of rotatable bonds is 7. The number of nitrogens with one attached hydrogen (secondary N) is 1. The second kappa shape index (κ2) is 10.0. The molecule has 1 amide bonds. The molecular weight excluding hydrogens is 517 g/mol. The lowest BCUT2D eigenvalue weighted by Gasteiger charge is -2.45. The number of carbonyl (C=O) groups excluding carboxylic acids is 1. The van der Waals surface area contributed by atoms with Crippen molar-refractivity contribution >= 4 is 15.9 Å². The van der Waals surface area contributed by atoms with Crippen molar-refractivity contribution in [2.75, 3.05) is 6.54 Å². The van der Waals surface area contributed by atoms with E-state index in [2.05, 4.69) is 4.72 Å². The van der Waals surface area contributed by atoms with E-state index in [1.807, 2.05) is 6.07 Å². The first-order chi connectivity index (χ1) is 17.4. The highest BCUT2D eigenvalue weighted by Crippen LogP contribution is 2.54. The summed E-state index contributed by atoms with van der Waals surface area (Å²) in [6.07, 6.45) is 0.782. The summed E-state index contributed by atoms with van der Waals surface area (Å²) in [6.45, 7) is 1.43. The Kier molecular flexibility index (Phi) is 7.32. The molecule has 1 saturated heterocycles. The number of hydrogen-bond donors (Lipinski definition) is 1. The molecule has 6 nitrogen and oxygen atoms in total. The third-order valence-corrected chi connectivity index (χ3v) is 8.24. The molecule has 2 aromatic rings. The number of nitriles is 1. The predicted octanol–water partition coefficient (Wildman–Crippen LogP) is 4.36. The van der Waals surface area contributed by atoms with Gasteiger partial charge in [-0.3, -0.25) is 4.79 Å². The topological polar surface area (TPSA) is 90.3 Å². The molecule has 1 spiro atoms. The highest BCUT2D eigenvalue weighted by atomic mass is 32.2. The molecule has 3 atom stereocenters. The molecule has 2 aromatic carbocycles. The summed E-state index contributed by atoms with van der Waals surface area (Å²) >= 11 is 0. The molecule has 1 saturated carbocycles. The zero-order valence-corrected chi connectivity index (χ0v) is 20.5. The summed E-state index contributed by atoms with van der Waals surface area (Å²) in [4.78, 5) is 14.5. The Morgan fingerprint density at radius 1 is 1.19 bits per heavy atom. The third kappa shape index (κ3) is 5.48. The van der Waals surface area contributed by atoms with Crippen molar-refractivity contribution in [1.29, 1.82) is 5.26 Å². The Balaban J connectivity index is 1.69. The first-order valence-corrected chi connectivity index (χ1v) is 13.1. The van der Waals surface area contributed by atoms with Crippen LogP contribution in [0.2, 0.25) is 0 Å². The number of piperidine rings is 1. The maximum Gasteiger partial charge on any atom is 0.350 e. The molecule has 198 valence electrons. The third-order valence-electron chi connectivity index (χ3n) is 7.16. The highest BCUT2D eigenvalue weighted by Gasteiger charge is 2.57. The minimum absolute atomic E-state index is 0.0232. The molecule has 1 aliphatic carbocycles. The largest absolute Gasteiger partial charge is 0.350 e. The molecule has 2 fully saturated rings. The van der Waals surface area contributed by atoms with Gasteiger partial charge < -0.3 is 4.90 Å². The van der Waals surface area contributed by atoms with Crippen molar-refractivity contribution in [3.8, 4) is 17.2 Å². The van der Waals surface area contributed by atoms with Crippen molar-refractivity contribution in [1.82, 2.24) is 9.62 Å². The maximum atomic E-state index is 15.6. The smallest absolute Gasteiger partial charge is 0.338 e. The Morgan fingerprint density at radius 3 is 2.41 bits per heavy atom. The monoisotopic (exact) mass is 541 g/mol. The van der Waals surface area contributed by atoms with Crippen LogP contribution in [0, 0.1) is 40.1 Å². The van der Waals surface area contributed by atoms with Crippen molar-refractivity contribution in [2.45, 2.75) is 50.4 Å². The maximum absolute atomic E-state index is 15.6. The van der Waals surface area contributed by atoms with Gasteiger partial charge in [0.15, 0.2) is 0 Å². The van der Waals surface area contributed by atoms with Crippen LogP contribution in [0.5, 0.6) is 0 Å². The van der Waals surface area contributed by atoms with E-state index in [1.165, 1.54) is 30.0 Å². The Bertz CT molecular complexity index is 1340. The van der Waals surface area contributed by atoms with Gasteiger partial charge in [0.05, 0.1) is 6.07 Å². The van der Waals surface area contributed by atoms with Crippen LogP contribution in [-0.2, 0) is 21.2 Å². The number of halogens is 5. The summed E-state index contributed by atoms with van der Waals surface area (Å²) in [6, 6.07) is 6.96. The van der Waals surface area contributed by atoms with Crippen LogP contribution >= 0.6 is 0 Å². The van der Waals surface area contributed by atoms with Crippen molar-refractivity contribution in [3.63, 3.8) is 0 Å². The first-order valence-electron chi connectivity index (χ1n) is 11.6. The lowest BCUT2D eigenvalue weighted by molar-refractivity contribution is -0.139. The average molecular weight is 542 g/mol. The van der Waals surface area contributed by atoms with E-state index in [1.54, 1.807) is 0 Å².